The maximum absolute atomic E-state index is 9.82. The van der Waals surface area contributed by atoms with E-state index in [2.05, 4.69) is 24.4 Å². The molecule has 0 saturated heterocycles. The second-order valence-corrected chi connectivity index (χ2v) is 4.51. The summed E-state index contributed by atoms with van der Waals surface area (Å²) in [6, 6.07) is 15.7. The number of rotatable bonds is 5. The monoisotopic (exact) mass is 257 g/mol. The van der Waals surface area contributed by atoms with Crippen LogP contribution in [-0.4, -0.2) is 12.2 Å². The molecule has 0 aliphatic rings. The van der Waals surface area contributed by atoms with Crippen LogP contribution in [0.4, 0.5) is 0 Å². The fourth-order valence-corrected chi connectivity index (χ4v) is 1.95. The highest BCUT2D eigenvalue weighted by molar-refractivity contribution is 5.39. The summed E-state index contributed by atoms with van der Waals surface area (Å²) in [5, 5.41) is 13.2. The number of benzene rings is 2. The number of hydrogen-bond donors (Lipinski definition) is 2. The van der Waals surface area contributed by atoms with Gasteiger partial charge < -0.3 is 15.2 Å². The van der Waals surface area contributed by atoms with Gasteiger partial charge in [-0.05, 0) is 30.7 Å². The Labute approximate surface area is 113 Å². The summed E-state index contributed by atoms with van der Waals surface area (Å²) in [4.78, 5) is 0. The van der Waals surface area contributed by atoms with Crippen LogP contribution in [-0.2, 0) is 6.54 Å². The van der Waals surface area contributed by atoms with Gasteiger partial charge in [-0.2, -0.15) is 0 Å². The fraction of sp³-hybridized carbons (Fsp3) is 0.250. The quantitative estimate of drug-likeness (QED) is 0.864. The van der Waals surface area contributed by atoms with Crippen LogP contribution in [0.15, 0.2) is 48.5 Å². The minimum Gasteiger partial charge on any atom is -0.508 e. The fourth-order valence-electron chi connectivity index (χ4n) is 1.95. The van der Waals surface area contributed by atoms with Crippen LogP contribution < -0.4 is 10.1 Å². The van der Waals surface area contributed by atoms with Gasteiger partial charge in [0.05, 0.1) is 7.11 Å². The van der Waals surface area contributed by atoms with Gasteiger partial charge in [-0.15, -0.1) is 0 Å². The lowest BCUT2D eigenvalue weighted by molar-refractivity contribution is 0.409. The molecule has 0 aliphatic carbocycles. The van der Waals surface area contributed by atoms with Gasteiger partial charge in [-0.3, -0.25) is 0 Å². The molecule has 2 N–H and O–H groups in total. The average Bonchev–Trinajstić information content (AvgIpc) is 2.47. The first-order chi connectivity index (χ1) is 9.20. The molecular formula is C16H19NO2. The molecule has 100 valence electrons. The summed E-state index contributed by atoms with van der Waals surface area (Å²) < 4.78 is 5.16. The molecule has 0 spiro atoms. The summed E-state index contributed by atoms with van der Waals surface area (Å²) in [7, 11) is 1.62. The summed E-state index contributed by atoms with van der Waals surface area (Å²) in [6.45, 7) is 2.70. The number of phenolic OH excluding ortho intramolecular Hbond substituents is 1. The van der Waals surface area contributed by atoms with Gasteiger partial charge in [0.25, 0.3) is 0 Å². The highest BCUT2D eigenvalue weighted by Gasteiger charge is 2.07. The van der Waals surface area contributed by atoms with E-state index in [1.807, 2.05) is 24.3 Å². The van der Waals surface area contributed by atoms with Gasteiger partial charge in [0.15, 0.2) is 0 Å². The predicted molar refractivity (Wildman–Crippen MR) is 76.4 cm³/mol. The van der Waals surface area contributed by atoms with Crippen molar-refractivity contribution in [2.75, 3.05) is 7.11 Å². The van der Waals surface area contributed by atoms with Crippen LogP contribution in [0, 0.1) is 0 Å². The number of aromatic hydroxyl groups is 1. The number of ether oxygens (including phenoxy) is 1. The second-order valence-electron chi connectivity index (χ2n) is 4.51. The van der Waals surface area contributed by atoms with Crippen molar-refractivity contribution in [1.29, 1.82) is 0 Å². The number of methoxy groups -OCH3 is 1. The third-order valence-corrected chi connectivity index (χ3v) is 3.18. The zero-order valence-corrected chi connectivity index (χ0v) is 11.3. The normalized spacial score (nSPS) is 12.1. The molecule has 3 nitrogen and oxygen atoms in total. The Balaban J connectivity index is 2.02. The van der Waals surface area contributed by atoms with Crippen molar-refractivity contribution in [2.24, 2.45) is 0 Å². The molecule has 0 aliphatic heterocycles. The third-order valence-electron chi connectivity index (χ3n) is 3.18. The first-order valence-electron chi connectivity index (χ1n) is 6.35. The molecule has 2 aromatic carbocycles. The van der Waals surface area contributed by atoms with E-state index in [1.54, 1.807) is 19.2 Å². The number of hydrogen-bond acceptors (Lipinski definition) is 3. The Hall–Kier alpha value is -2.00. The molecular weight excluding hydrogens is 238 g/mol. The molecule has 19 heavy (non-hydrogen) atoms. The maximum atomic E-state index is 9.82. The Morgan fingerprint density at radius 3 is 2.58 bits per heavy atom. The standard InChI is InChI=1S/C16H19NO2/c1-12(13-6-4-3-5-7-13)17-11-14-10-15(19-2)8-9-16(14)18/h3-10,12,17-18H,11H2,1-2H3/t12-/m1/s1. The molecule has 2 aromatic rings. The van der Waals surface area contributed by atoms with E-state index < -0.39 is 0 Å². The first-order valence-corrected chi connectivity index (χ1v) is 6.35. The lowest BCUT2D eigenvalue weighted by Crippen LogP contribution is -2.18. The largest absolute Gasteiger partial charge is 0.508 e. The van der Waals surface area contributed by atoms with Gasteiger partial charge in [-0.25, -0.2) is 0 Å². The van der Waals surface area contributed by atoms with E-state index in [0.717, 1.165) is 11.3 Å². The van der Waals surface area contributed by atoms with Crippen molar-refractivity contribution in [3.63, 3.8) is 0 Å². The zero-order chi connectivity index (χ0) is 13.7. The highest BCUT2D eigenvalue weighted by atomic mass is 16.5. The molecule has 0 aromatic heterocycles. The second kappa shape index (κ2) is 6.25. The van der Waals surface area contributed by atoms with Crippen LogP contribution in [0.1, 0.15) is 24.1 Å². The maximum Gasteiger partial charge on any atom is 0.120 e. The van der Waals surface area contributed by atoms with Gasteiger partial charge in [0.2, 0.25) is 0 Å². The zero-order valence-electron chi connectivity index (χ0n) is 11.3. The number of phenols is 1. The molecule has 2 rings (SSSR count). The van der Waals surface area contributed by atoms with Crippen LogP contribution in [0.25, 0.3) is 0 Å². The smallest absolute Gasteiger partial charge is 0.120 e. The van der Waals surface area contributed by atoms with Crippen LogP contribution in [0.5, 0.6) is 11.5 Å². The lowest BCUT2D eigenvalue weighted by Gasteiger charge is -2.15. The van der Waals surface area contributed by atoms with Gasteiger partial charge in [-0.1, -0.05) is 30.3 Å². The van der Waals surface area contributed by atoms with E-state index in [9.17, 15) is 5.11 Å². The van der Waals surface area contributed by atoms with Crippen molar-refractivity contribution >= 4 is 0 Å². The topological polar surface area (TPSA) is 41.5 Å². The van der Waals surface area contributed by atoms with Gasteiger partial charge in [0.1, 0.15) is 11.5 Å². The minimum atomic E-state index is 0.229. The van der Waals surface area contributed by atoms with Gasteiger partial charge >= 0.3 is 0 Å². The Kier molecular flexibility index (Phi) is 4.42. The molecule has 0 heterocycles. The Morgan fingerprint density at radius 1 is 1.16 bits per heavy atom. The average molecular weight is 257 g/mol. The molecule has 0 radical (unpaired) electrons. The molecule has 0 unspecified atom stereocenters. The molecule has 3 heteroatoms. The van der Waals surface area contributed by atoms with E-state index in [4.69, 9.17) is 4.74 Å². The summed E-state index contributed by atoms with van der Waals surface area (Å²) in [6.07, 6.45) is 0. The molecule has 0 bridgehead atoms. The van der Waals surface area contributed by atoms with Crippen molar-refractivity contribution in [1.82, 2.24) is 5.32 Å². The summed E-state index contributed by atoms with van der Waals surface area (Å²) in [5.41, 5.74) is 2.06. The van der Waals surface area contributed by atoms with Crippen LogP contribution in [0.3, 0.4) is 0 Å². The molecule has 0 amide bonds. The Bertz CT molecular complexity index is 526. The predicted octanol–water partition coefficient (Wildman–Crippen LogP) is 3.25. The van der Waals surface area contributed by atoms with Crippen molar-refractivity contribution in [2.45, 2.75) is 19.5 Å². The SMILES string of the molecule is COc1ccc(O)c(CN[C@H](C)c2ccccc2)c1. The van der Waals surface area contributed by atoms with Crippen molar-refractivity contribution in [3.8, 4) is 11.5 Å². The Morgan fingerprint density at radius 2 is 1.89 bits per heavy atom. The van der Waals surface area contributed by atoms with E-state index in [1.165, 1.54) is 5.56 Å². The van der Waals surface area contributed by atoms with E-state index in [-0.39, 0.29) is 11.8 Å². The van der Waals surface area contributed by atoms with Crippen LogP contribution in [0.2, 0.25) is 0 Å². The lowest BCUT2D eigenvalue weighted by atomic mass is 10.1. The number of nitrogens with one attached hydrogen (secondary N) is 1. The highest BCUT2D eigenvalue weighted by Crippen LogP contribution is 2.23. The van der Waals surface area contributed by atoms with E-state index >= 15 is 0 Å². The van der Waals surface area contributed by atoms with Crippen LogP contribution >= 0.6 is 0 Å². The summed E-state index contributed by atoms with van der Waals surface area (Å²) >= 11 is 0. The summed E-state index contributed by atoms with van der Waals surface area (Å²) in [5.74, 6) is 1.04. The molecule has 1 atom stereocenters. The third kappa shape index (κ3) is 3.48. The van der Waals surface area contributed by atoms with Gasteiger partial charge in [0, 0.05) is 18.2 Å². The molecule has 0 fully saturated rings. The van der Waals surface area contributed by atoms with Crippen molar-refractivity contribution in [3.05, 3.63) is 59.7 Å². The first kappa shape index (κ1) is 13.4. The minimum absolute atomic E-state index is 0.229. The van der Waals surface area contributed by atoms with E-state index in [0.29, 0.717) is 6.54 Å². The van der Waals surface area contributed by atoms with Crippen molar-refractivity contribution < 1.29 is 9.84 Å². The molecule has 0 saturated carbocycles.